The first-order valence-electron chi connectivity index (χ1n) is 7.79. The van der Waals surface area contributed by atoms with Gasteiger partial charge in [-0.2, -0.15) is 0 Å². The van der Waals surface area contributed by atoms with E-state index >= 15 is 0 Å². The number of hydrogen-bond donors (Lipinski definition) is 1. The summed E-state index contributed by atoms with van der Waals surface area (Å²) in [5.41, 5.74) is 1.10. The molecule has 2 amide bonds. The highest BCUT2D eigenvalue weighted by molar-refractivity contribution is 6.30. The molecule has 1 aromatic carbocycles. The number of carbonyl (C=O) groups excluding carboxylic acids is 2. The number of nitrogens with one attached hydrogen (secondary N) is 1. The number of hydrogen-bond acceptors (Lipinski definition) is 2. The van der Waals surface area contributed by atoms with E-state index in [-0.39, 0.29) is 11.8 Å². The van der Waals surface area contributed by atoms with E-state index in [1.807, 2.05) is 24.3 Å². The summed E-state index contributed by atoms with van der Waals surface area (Å²) < 4.78 is 0. The van der Waals surface area contributed by atoms with Crippen LogP contribution in [0.5, 0.6) is 0 Å². The third-order valence-electron chi connectivity index (χ3n) is 3.46. The monoisotopic (exact) mass is 324 g/mol. The lowest BCUT2D eigenvalue weighted by Crippen LogP contribution is -2.35. The van der Waals surface area contributed by atoms with Crippen LogP contribution in [-0.2, 0) is 16.0 Å². The Hall–Kier alpha value is -1.55. The second-order valence-corrected chi connectivity index (χ2v) is 5.78. The quantitative estimate of drug-likeness (QED) is 0.759. The van der Waals surface area contributed by atoms with Crippen LogP contribution in [0.2, 0.25) is 5.02 Å². The molecule has 0 heterocycles. The van der Waals surface area contributed by atoms with Gasteiger partial charge in [0.15, 0.2) is 0 Å². The van der Waals surface area contributed by atoms with E-state index in [9.17, 15) is 9.59 Å². The topological polar surface area (TPSA) is 49.4 Å². The summed E-state index contributed by atoms with van der Waals surface area (Å²) in [5, 5.41) is 3.59. The molecule has 0 aromatic heterocycles. The van der Waals surface area contributed by atoms with Gasteiger partial charge < -0.3 is 10.2 Å². The van der Waals surface area contributed by atoms with Gasteiger partial charge in [0, 0.05) is 38.0 Å². The molecule has 22 heavy (non-hydrogen) atoms. The fourth-order valence-corrected chi connectivity index (χ4v) is 2.35. The number of benzene rings is 1. The van der Waals surface area contributed by atoms with Crippen LogP contribution in [0.25, 0.3) is 0 Å². The molecule has 0 aliphatic rings. The summed E-state index contributed by atoms with van der Waals surface area (Å²) in [4.78, 5) is 25.0. The highest BCUT2D eigenvalue weighted by Crippen LogP contribution is 2.10. The maximum Gasteiger partial charge on any atom is 0.221 e. The Bertz CT molecular complexity index is 491. The van der Waals surface area contributed by atoms with Crippen molar-refractivity contribution in [1.82, 2.24) is 10.2 Å². The van der Waals surface area contributed by atoms with Crippen molar-refractivity contribution >= 4 is 23.4 Å². The predicted octanol–water partition coefficient (Wildman–Crippen LogP) is 3.04. The Balaban J connectivity index is 2.26. The molecule has 1 aromatic rings. The molecule has 0 aliphatic carbocycles. The van der Waals surface area contributed by atoms with Crippen molar-refractivity contribution in [3.8, 4) is 0 Å². The van der Waals surface area contributed by atoms with E-state index in [4.69, 9.17) is 11.6 Å². The molecule has 0 saturated heterocycles. The molecule has 5 heteroatoms. The van der Waals surface area contributed by atoms with E-state index in [0.29, 0.717) is 24.5 Å². The van der Waals surface area contributed by atoms with E-state index in [1.54, 1.807) is 11.8 Å². The van der Waals surface area contributed by atoms with Crippen molar-refractivity contribution in [2.75, 3.05) is 19.6 Å². The Morgan fingerprint density at radius 2 is 2.05 bits per heavy atom. The van der Waals surface area contributed by atoms with Gasteiger partial charge in [-0.3, -0.25) is 9.59 Å². The van der Waals surface area contributed by atoms with Crippen LogP contribution in [0.3, 0.4) is 0 Å². The van der Waals surface area contributed by atoms with Gasteiger partial charge in [-0.1, -0.05) is 37.1 Å². The number of halogens is 1. The molecular formula is C17H25ClN2O2. The summed E-state index contributed by atoms with van der Waals surface area (Å²) in [5.74, 6) is 0.00459. The molecule has 1 rings (SSSR count). The highest BCUT2D eigenvalue weighted by Gasteiger charge is 2.10. The highest BCUT2D eigenvalue weighted by atomic mass is 35.5. The van der Waals surface area contributed by atoms with Gasteiger partial charge in [-0.05, 0) is 30.5 Å². The van der Waals surface area contributed by atoms with E-state index < -0.39 is 0 Å². The lowest BCUT2D eigenvalue weighted by atomic mass is 10.1. The fourth-order valence-electron chi connectivity index (χ4n) is 2.14. The first-order chi connectivity index (χ1) is 10.5. The molecule has 1 N–H and O–H groups in total. The summed E-state index contributed by atoms with van der Waals surface area (Å²) in [6, 6.07) is 7.62. The van der Waals surface area contributed by atoms with Gasteiger partial charge in [-0.15, -0.1) is 0 Å². The molecule has 122 valence electrons. The van der Waals surface area contributed by atoms with Gasteiger partial charge >= 0.3 is 0 Å². The minimum absolute atomic E-state index is 0.0234. The second kappa shape index (κ2) is 10.2. The summed E-state index contributed by atoms with van der Waals surface area (Å²) in [6.45, 7) is 5.42. The van der Waals surface area contributed by atoms with Crippen LogP contribution >= 0.6 is 11.6 Å². The average molecular weight is 325 g/mol. The summed E-state index contributed by atoms with van der Waals surface area (Å²) in [6.07, 6.45) is 3.10. The predicted molar refractivity (Wildman–Crippen MR) is 89.9 cm³/mol. The number of carbonyl (C=O) groups is 2. The number of amides is 2. The Labute approximate surface area is 137 Å². The molecule has 0 spiro atoms. The first kappa shape index (κ1) is 18.5. The van der Waals surface area contributed by atoms with Crippen LogP contribution < -0.4 is 5.32 Å². The third-order valence-corrected chi connectivity index (χ3v) is 3.70. The molecule has 0 fully saturated rings. The largest absolute Gasteiger partial charge is 0.356 e. The summed E-state index contributed by atoms with van der Waals surface area (Å²) >= 11 is 5.92. The van der Waals surface area contributed by atoms with E-state index in [0.717, 1.165) is 31.4 Å². The molecule has 0 saturated carbocycles. The minimum Gasteiger partial charge on any atom is -0.356 e. The zero-order valence-corrected chi connectivity index (χ0v) is 14.2. The van der Waals surface area contributed by atoms with Crippen molar-refractivity contribution in [1.29, 1.82) is 0 Å². The van der Waals surface area contributed by atoms with Crippen molar-refractivity contribution in [2.24, 2.45) is 0 Å². The standard InChI is InChI=1S/C17H25ClN2O2/c1-3-4-11-20(14(2)21)12-9-17(22)19-10-8-15-6-5-7-16(18)13-15/h5-7,13H,3-4,8-12H2,1-2H3,(H,19,22). The van der Waals surface area contributed by atoms with Crippen molar-refractivity contribution in [2.45, 2.75) is 39.5 Å². The van der Waals surface area contributed by atoms with E-state index in [2.05, 4.69) is 12.2 Å². The van der Waals surface area contributed by atoms with Crippen LogP contribution in [0.1, 0.15) is 38.7 Å². The number of rotatable bonds is 9. The molecule has 0 bridgehead atoms. The van der Waals surface area contributed by atoms with Crippen LogP contribution in [-0.4, -0.2) is 36.3 Å². The zero-order chi connectivity index (χ0) is 16.4. The zero-order valence-electron chi connectivity index (χ0n) is 13.4. The molecule has 0 unspecified atom stereocenters. The van der Waals surface area contributed by atoms with Gasteiger partial charge in [0.2, 0.25) is 11.8 Å². The van der Waals surface area contributed by atoms with Crippen LogP contribution in [0.4, 0.5) is 0 Å². The maximum atomic E-state index is 11.8. The molecule has 4 nitrogen and oxygen atoms in total. The third kappa shape index (κ3) is 7.46. The summed E-state index contributed by atoms with van der Waals surface area (Å²) in [7, 11) is 0. The normalized spacial score (nSPS) is 10.3. The van der Waals surface area contributed by atoms with Crippen molar-refractivity contribution in [3.05, 3.63) is 34.9 Å². The molecule has 0 radical (unpaired) electrons. The van der Waals surface area contributed by atoms with Gasteiger partial charge in [0.1, 0.15) is 0 Å². The molecular weight excluding hydrogens is 300 g/mol. The minimum atomic E-state index is -0.0234. The van der Waals surface area contributed by atoms with Gasteiger partial charge in [0.05, 0.1) is 0 Å². The van der Waals surface area contributed by atoms with Crippen LogP contribution in [0, 0.1) is 0 Å². The SMILES string of the molecule is CCCCN(CCC(=O)NCCc1cccc(Cl)c1)C(C)=O. The Morgan fingerprint density at radius 1 is 1.27 bits per heavy atom. The van der Waals surface area contributed by atoms with E-state index in [1.165, 1.54) is 0 Å². The maximum absolute atomic E-state index is 11.8. The lowest BCUT2D eigenvalue weighted by molar-refractivity contribution is -0.129. The number of unbranched alkanes of at least 4 members (excludes halogenated alkanes) is 1. The molecule has 0 atom stereocenters. The second-order valence-electron chi connectivity index (χ2n) is 5.34. The van der Waals surface area contributed by atoms with Gasteiger partial charge in [-0.25, -0.2) is 0 Å². The first-order valence-corrected chi connectivity index (χ1v) is 8.17. The smallest absolute Gasteiger partial charge is 0.221 e. The fraction of sp³-hybridized carbons (Fsp3) is 0.529. The van der Waals surface area contributed by atoms with Crippen molar-refractivity contribution in [3.63, 3.8) is 0 Å². The number of nitrogens with zero attached hydrogens (tertiary/aromatic N) is 1. The van der Waals surface area contributed by atoms with Crippen LogP contribution in [0.15, 0.2) is 24.3 Å². The van der Waals surface area contributed by atoms with Gasteiger partial charge in [0.25, 0.3) is 0 Å². The lowest BCUT2D eigenvalue weighted by Gasteiger charge is -2.20. The van der Waals surface area contributed by atoms with Crippen molar-refractivity contribution < 1.29 is 9.59 Å². The Morgan fingerprint density at radius 3 is 2.68 bits per heavy atom. The Kier molecular flexibility index (Phi) is 8.60. The average Bonchev–Trinajstić information content (AvgIpc) is 2.47. The molecule has 0 aliphatic heterocycles.